The number of alkyl carbamates (subject to hydrolysis) is 1. The molecular weight excluding hydrogens is 358 g/mol. The Hall–Kier alpha value is -2.84. The quantitative estimate of drug-likeness (QED) is 0.233. The van der Waals surface area contributed by atoms with Gasteiger partial charge in [0, 0.05) is 17.6 Å². The second-order valence-electron chi connectivity index (χ2n) is 5.76. The van der Waals surface area contributed by atoms with E-state index in [2.05, 4.69) is 18.5 Å². The number of hydrogen-bond acceptors (Lipinski definition) is 8. The molecule has 9 heteroatoms. The van der Waals surface area contributed by atoms with Crippen LogP contribution in [0.15, 0.2) is 24.3 Å². The van der Waals surface area contributed by atoms with Crippen molar-refractivity contribution in [2.75, 3.05) is 26.4 Å². The molecule has 9 nitrogen and oxygen atoms in total. The highest BCUT2D eigenvalue weighted by atomic mass is 16.6. The van der Waals surface area contributed by atoms with Gasteiger partial charge in [0.25, 0.3) is 0 Å². The van der Waals surface area contributed by atoms with Gasteiger partial charge in [-0.25, -0.2) is 14.4 Å². The molecule has 0 heterocycles. The van der Waals surface area contributed by atoms with Crippen LogP contribution >= 0.6 is 0 Å². The largest absolute Gasteiger partial charge is 0.462 e. The number of ether oxygens (including phenoxy) is 4. The van der Waals surface area contributed by atoms with E-state index in [9.17, 15) is 19.2 Å². The van der Waals surface area contributed by atoms with Crippen LogP contribution in [0.4, 0.5) is 4.79 Å². The zero-order valence-corrected chi connectivity index (χ0v) is 16.0. The minimum absolute atomic E-state index is 0.0126. The van der Waals surface area contributed by atoms with Crippen molar-refractivity contribution in [2.24, 2.45) is 0 Å². The van der Waals surface area contributed by atoms with Gasteiger partial charge in [-0.2, -0.15) is 0 Å². The fourth-order valence-corrected chi connectivity index (χ4v) is 1.49. The molecule has 0 aliphatic carbocycles. The minimum Gasteiger partial charge on any atom is -0.462 e. The molecule has 0 fully saturated rings. The normalized spacial score (nSPS) is 10.9. The van der Waals surface area contributed by atoms with Gasteiger partial charge < -0.3 is 24.3 Å². The molecule has 0 saturated carbocycles. The summed E-state index contributed by atoms with van der Waals surface area (Å²) in [6, 6.07) is 0. The van der Waals surface area contributed by atoms with Crippen molar-refractivity contribution in [3.63, 3.8) is 0 Å². The van der Waals surface area contributed by atoms with Gasteiger partial charge >= 0.3 is 24.0 Å². The van der Waals surface area contributed by atoms with Gasteiger partial charge in [0.05, 0.1) is 13.2 Å². The summed E-state index contributed by atoms with van der Waals surface area (Å²) in [6.45, 7) is 11.5. The highest BCUT2D eigenvalue weighted by molar-refractivity contribution is 5.87. The number of esters is 3. The minimum atomic E-state index is -0.726. The van der Waals surface area contributed by atoms with Crippen molar-refractivity contribution in [2.45, 2.75) is 39.7 Å². The summed E-state index contributed by atoms with van der Waals surface area (Å²) in [5.41, 5.74) is 0.554. The van der Waals surface area contributed by atoms with Crippen LogP contribution in [-0.4, -0.2) is 56.5 Å². The average molecular weight is 385 g/mol. The molecule has 0 aliphatic heterocycles. The monoisotopic (exact) mass is 385 g/mol. The van der Waals surface area contributed by atoms with Gasteiger partial charge in [0.1, 0.15) is 19.3 Å². The van der Waals surface area contributed by atoms with Gasteiger partial charge in [-0.15, -0.1) is 0 Å². The van der Waals surface area contributed by atoms with Gasteiger partial charge in [0.2, 0.25) is 0 Å². The first-order chi connectivity index (χ1) is 12.6. The van der Waals surface area contributed by atoms with E-state index >= 15 is 0 Å². The van der Waals surface area contributed by atoms with E-state index in [-0.39, 0.29) is 43.9 Å². The number of hydrogen-bond donors (Lipinski definition) is 1. The molecule has 0 aromatic carbocycles. The Kier molecular flexibility index (Phi) is 12.0. The van der Waals surface area contributed by atoms with Crippen LogP contribution in [0.2, 0.25) is 0 Å². The maximum atomic E-state index is 11.6. The fraction of sp³-hybridized carbons (Fsp3) is 0.556. The molecule has 27 heavy (non-hydrogen) atoms. The number of carbonyl (C=O) groups is 4. The highest BCUT2D eigenvalue weighted by Crippen LogP contribution is 2.01. The molecule has 0 aromatic heterocycles. The Morgan fingerprint density at radius 1 is 0.926 bits per heavy atom. The second-order valence-corrected chi connectivity index (χ2v) is 5.76. The Labute approximate surface area is 158 Å². The number of rotatable bonds is 12. The van der Waals surface area contributed by atoms with Gasteiger partial charge in [-0.3, -0.25) is 4.79 Å². The first kappa shape index (κ1) is 24.2. The molecule has 152 valence electrons. The topological polar surface area (TPSA) is 117 Å². The van der Waals surface area contributed by atoms with E-state index in [0.29, 0.717) is 6.42 Å². The van der Waals surface area contributed by atoms with Crippen LogP contribution in [0.1, 0.15) is 33.6 Å². The van der Waals surface area contributed by atoms with E-state index in [0.717, 1.165) is 0 Å². The lowest BCUT2D eigenvalue weighted by atomic mass is 10.3. The predicted octanol–water partition coefficient (Wildman–Crippen LogP) is 1.66. The lowest BCUT2D eigenvalue weighted by molar-refractivity contribution is -0.151. The van der Waals surface area contributed by atoms with Gasteiger partial charge in [-0.05, 0) is 27.2 Å². The number of nitrogens with one attached hydrogen (secondary N) is 1. The zero-order chi connectivity index (χ0) is 20.8. The smallest absolute Gasteiger partial charge is 0.407 e. The Morgan fingerprint density at radius 2 is 1.48 bits per heavy atom. The van der Waals surface area contributed by atoms with Crippen molar-refractivity contribution in [3.8, 4) is 0 Å². The van der Waals surface area contributed by atoms with Crippen molar-refractivity contribution in [1.29, 1.82) is 0 Å². The molecule has 0 spiro atoms. The molecular formula is C18H27NO8. The van der Waals surface area contributed by atoms with Crippen LogP contribution < -0.4 is 5.32 Å². The third-order valence-electron chi connectivity index (χ3n) is 2.84. The SMILES string of the molecule is C=C(C)C(=O)OCCCC(=O)OC(C)COC(=O)NCCOC(=O)C(=C)C. The summed E-state index contributed by atoms with van der Waals surface area (Å²) in [5, 5.41) is 2.38. The zero-order valence-electron chi connectivity index (χ0n) is 16.0. The second kappa shape index (κ2) is 13.4. The molecule has 0 aliphatic rings. The molecule has 1 N–H and O–H groups in total. The van der Waals surface area contributed by atoms with Crippen molar-refractivity contribution < 1.29 is 38.1 Å². The van der Waals surface area contributed by atoms with Gasteiger partial charge in [0.15, 0.2) is 0 Å². The maximum Gasteiger partial charge on any atom is 0.407 e. The van der Waals surface area contributed by atoms with Crippen molar-refractivity contribution in [1.82, 2.24) is 5.32 Å². The predicted molar refractivity (Wildman–Crippen MR) is 95.7 cm³/mol. The summed E-state index contributed by atoms with van der Waals surface area (Å²) in [5.74, 6) is -1.55. The van der Waals surface area contributed by atoms with E-state index in [1.165, 1.54) is 13.8 Å². The van der Waals surface area contributed by atoms with E-state index in [1.807, 2.05) is 0 Å². The third-order valence-corrected chi connectivity index (χ3v) is 2.84. The molecule has 0 saturated heterocycles. The lowest BCUT2D eigenvalue weighted by Gasteiger charge is -2.14. The van der Waals surface area contributed by atoms with Crippen LogP contribution in [0.3, 0.4) is 0 Å². The summed E-state index contributed by atoms with van der Waals surface area (Å²) < 4.78 is 19.6. The summed E-state index contributed by atoms with van der Waals surface area (Å²) in [7, 11) is 0. The Morgan fingerprint density at radius 3 is 2.04 bits per heavy atom. The summed E-state index contributed by atoms with van der Waals surface area (Å²) in [6.07, 6.45) is -0.985. The Bertz CT molecular complexity index is 570. The molecule has 0 radical (unpaired) electrons. The molecule has 0 rings (SSSR count). The highest BCUT2D eigenvalue weighted by Gasteiger charge is 2.13. The molecule has 1 amide bonds. The van der Waals surface area contributed by atoms with Crippen molar-refractivity contribution in [3.05, 3.63) is 24.3 Å². The molecule has 1 atom stereocenters. The van der Waals surface area contributed by atoms with Crippen LogP contribution in [0.25, 0.3) is 0 Å². The van der Waals surface area contributed by atoms with E-state index in [1.54, 1.807) is 6.92 Å². The summed E-state index contributed by atoms with van der Waals surface area (Å²) in [4.78, 5) is 45.3. The standard InChI is InChI=1S/C18H27NO8/c1-12(2)16(21)24-9-6-7-15(20)27-14(5)11-26-18(23)19-8-10-25-17(22)13(3)4/h14H,1,3,6-11H2,2,4-5H3,(H,19,23). The van der Waals surface area contributed by atoms with Crippen LogP contribution in [0, 0.1) is 0 Å². The lowest BCUT2D eigenvalue weighted by Crippen LogP contribution is -2.31. The molecule has 0 aromatic rings. The van der Waals surface area contributed by atoms with E-state index < -0.39 is 30.1 Å². The first-order valence-electron chi connectivity index (χ1n) is 8.38. The number of amides is 1. The molecule has 0 bridgehead atoms. The van der Waals surface area contributed by atoms with Crippen LogP contribution in [-0.2, 0) is 33.3 Å². The molecule has 1 unspecified atom stereocenters. The number of carbonyl (C=O) groups excluding carboxylic acids is 4. The maximum absolute atomic E-state index is 11.6. The van der Waals surface area contributed by atoms with Crippen molar-refractivity contribution >= 4 is 24.0 Å². The van der Waals surface area contributed by atoms with E-state index in [4.69, 9.17) is 18.9 Å². The Balaban J connectivity index is 3.77. The average Bonchev–Trinajstić information content (AvgIpc) is 2.59. The van der Waals surface area contributed by atoms with Crippen LogP contribution in [0.5, 0.6) is 0 Å². The first-order valence-corrected chi connectivity index (χ1v) is 8.38. The fourth-order valence-electron chi connectivity index (χ4n) is 1.49. The van der Waals surface area contributed by atoms with Gasteiger partial charge in [-0.1, -0.05) is 13.2 Å². The third kappa shape index (κ3) is 13.1. The summed E-state index contributed by atoms with van der Waals surface area (Å²) >= 11 is 0.